The second-order valence-corrected chi connectivity index (χ2v) is 13.7. The van der Waals surface area contributed by atoms with Gasteiger partial charge in [0.1, 0.15) is 24.9 Å². The molecule has 2 heterocycles. The number of hydrogen-bond donors (Lipinski definition) is 3. The molecule has 1 saturated heterocycles. The summed E-state index contributed by atoms with van der Waals surface area (Å²) in [5, 5.41) is 33.5. The number of carbonyl (C=O) groups excluding carboxylic acids is 1. The fraction of sp³-hybridized carbons (Fsp3) is 0.900. The largest absolute Gasteiger partial charge is 0.458 e. The van der Waals surface area contributed by atoms with E-state index in [0.717, 1.165) is 63.4 Å². The molecule has 4 saturated carbocycles. The van der Waals surface area contributed by atoms with E-state index in [1.807, 2.05) is 0 Å². The third-order valence-corrected chi connectivity index (χ3v) is 12.3. The highest BCUT2D eigenvalue weighted by molar-refractivity contribution is 5.85. The average molecular weight is 535 g/mol. The molecule has 214 valence electrons. The molecule has 0 radical (unpaired) electrons. The molecule has 0 aromatic rings. The van der Waals surface area contributed by atoms with Crippen LogP contribution in [0.5, 0.6) is 0 Å². The maximum absolute atomic E-state index is 12.4. The van der Waals surface area contributed by atoms with E-state index in [0.29, 0.717) is 18.4 Å². The van der Waals surface area contributed by atoms with Gasteiger partial charge in [-0.1, -0.05) is 13.8 Å². The summed E-state index contributed by atoms with van der Waals surface area (Å²) in [6.45, 7) is 6.87. The molecule has 8 heteroatoms. The van der Waals surface area contributed by atoms with Crippen LogP contribution in [0.4, 0.5) is 0 Å². The molecule has 2 aliphatic heterocycles. The highest BCUT2D eigenvalue weighted by Gasteiger charge is 2.67. The lowest BCUT2D eigenvalue weighted by molar-refractivity contribution is -0.313. The molecule has 0 aromatic heterocycles. The first kappa shape index (κ1) is 27.2. The lowest BCUT2D eigenvalue weighted by Crippen LogP contribution is -2.62. The molecule has 0 bridgehead atoms. The van der Waals surface area contributed by atoms with E-state index < -0.39 is 36.3 Å². The highest BCUT2D eigenvalue weighted by Crippen LogP contribution is 2.70. The molecule has 13 atom stereocenters. The minimum atomic E-state index is -1.04. The fourth-order valence-corrected chi connectivity index (χ4v) is 10.1. The van der Waals surface area contributed by atoms with Crippen molar-refractivity contribution < 1.29 is 39.1 Å². The molecule has 6 rings (SSSR count). The molecule has 0 aromatic carbocycles. The number of carbonyl (C=O) groups is 1. The highest BCUT2D eigenvalue weighted by atomic mass is 16.7. The first-order chi connectivity index (χ1) is 18.0. The van der Waals surface area contributed by atoms with Crippen molar-refractivity contribution >= 4 is 5.97 Å². The Morgan fingerprint density at radius 2 is 1.79 bits per heavy atom. The second-order valence-electron chi connectivity index (χ2n) is 13.7. The SMILES string of the molecule is CO[C@H]1[C@H](O)[C@H](O[C@H]2CC[C@@]3(C)[C@H](CC[C@@H]4[C@@H]3CC[C@]3(C)[C@@H](C5=CC(=O)OC5)CCC43O)C2)O[C@@H](C)[C@@H]1O. The van der Waals surface area contributed by atoms with Crippen LogP contribution in [0.25, 0.3) is 0 Å². The van der Waals surface area contributed by atoms with Gasteiger partial charge < -0.3 is 34.3 Å². The van der Waals surface area contributed by atoms with E-state index in [-0.39, 0.29) is 34.7 Å². The van der Waals surface area contributed by atoms with Gasteiger partial charge in [0.15, 0.2) is 6.29 Å². The van der Waals surface area contributed by atoms with Crippen molar-refractivity contribution in [2.24, 2.45) is 34.5 Å². The predicted molar refractivity (Wildman–Crippen MR) is 138 cm³/mol. The van der Waals surface area contributed by atoms with E-state index in [1.165, 1.54) is 7.11 Å². The number of cyclic esters (lactones) is 1. The summed E-state index contributed by atoms with van der Waals surface area (Å²) in [5.41, 5.74) is 0.300. The zero-order valence-corrected chi connectivity index (χ0v) is 23.3. The van der Waals surface area contributed by atoms with Gasteiger partial charge in [-0.2, -0.15) is 0 Å². The van der Waals surface area contributed by atoms with Gasteiger partial charge in [-0.3, -0.25) is 0 Å². The molecule has 5 fully saturated rings. The van der Waals surface area contributed by atoms with E-state index in [9.17, 15) is 20.1 Å². The van der Waals surface area contributed by atoms with Gasteiger partial charge in [-0.05, 0) is 99.4 Å². The quantitative estimate of drug-likeness (QED) is 0.372. The van der Waals surface area contributed by atoms with Gasteiger partial charge in [0.05, 0.1) is 17.8 Å². The van der Waals surface area contributed by atoms with Crippen LogP contribution in [0, 0.1) is 34.5 Å². The normalized spacial score (nSPS) is 54.5. The predicted octanol–water partition coefficient (Wildman–Crippen LogP) is 3.11. The summed E-state index contributed by atoms with van der Waals surface area (Å²) in [5.74, 6) is 1.22. The molecule has 8 nitrogen and oxygen atoms in total. The van der Waals surface area contributed by atoms with Crippen molar-refractivity contribution in [2.75, 3.05) is 13.7 Å². The number of methoxy groups -OCH3 is 1. The van der Waals surface area contributed by atoms with E-state index in [2.05, 4.69) is 13.8 Å². The van der Waals surface area contributed by atoms with Crippen LogP contribution in [0.3, 0.4) is 0 Å². The standard InChI is InChI=1S/C30H46O8/c1-16-24(32)26(35-4)25(33)27(37-16)38-19-7-10-28(2)18(14-19)5-6-22-21(28)8-11-29(3)20(9-12-30(22,29)34)17-13-23(31)36-15-17/h13,16,18-22,24-27,32-34H,5-12,14-15H2,1-4H3/t16-,18+,19-,20+,21-,22+,24-,25-,26+,27-,28-,29+,30?/m0/s1. The number of aliphatic hydroxyl groups is 3. The van der Waals surface area contributed by atoms with Gasteiger partial charge in [0.2, 0.25) is 0 Å². The van der Waals surface area contributed by atoms with Gasteiger partial charge >= 0.3 is 5.97 Å². The van der Waals surface area contributed by atoms with Crippen LogP contribution in [0.2, 0.25) is 0 Å². The fourth-order valence-electron chi connectivity index (χ4n) is 10.1. The summed E-state index contributed by atoms with van der Waals surface area (Å²) in [4.78, 5) is 11.8. The summed E-state index contributed by atoms with van der Waals surface area (Å²) < 4.78 is 22.8. The molecule has 0 amide bonds. The third kappa shape index (κ3) is 3.88. The zero-order valence-electron chi connectivity index (χ0n) is 23.3. The molecule has 3 N–H and O–H groups in total. The van der Waals surface area contributed by atoms with Crippen LogP contribution in [0.15, 0.2) is 11.6 Å². The Morgan fingerprint density at radius 3 is 2.50 bits per heavy atom. The Balaban J connectivity index is 1.16. The third-order valence-electron chi connectivity index (χ3n) is 12.3. The van der Waals surface area contributed by atoms with Crippen molar-refractivity contribution in [2.45, 2.75) is 121 Å². The maximum atomic E-state index is 12.4. The Hall–Kier alpha value is -1.03. The van der Waals surface area contributed by atoms with Crippen LogP contribution >= 0.6 is 0 Å². The minimum absolute atomic E-state index is 0.0103. The number of esters is 1. The number of hydrogen-bond acceptors (Lipinski definition) is 8. The van der Waals surface area contributed by atoms with Crippen molar-refractivity contribution in [1.29, 1.82) is 0 Å². The van der Waals surface area contributed by atoms with Gasteiger partial charge in [0.25, 0.3) is 0 Å². The Morgan fingerprint density at radius 1 is 1.00 bits per heavy atom. The first-order valence-corrected chi connectivity index (χ1v) is 14.8. The molecule has 1 unspecified atom stereocenters. The number of ether oxygens (including phenoxy) is 4. The Bertz CT molecular complexity index is 968. The van der Waals surface area contributed by atoms with E-state index in [4.69, 9.17) is 18.9 Å². The van der Waals surface area contributed by atoms with Crippen molar-refractivity contribution in [1.82, 2.24) is 0 Å². The Labute approximate surface area is 226 Å². The summed E-state index contributed by atoms with van der Waals surface area (Å²) in [6.07, 6.45) is 6.45. The Kier molecular flexibility index (Phi) is 6.80. The molecule has 4 aliphatic carbocycles. The van der Waals surface area contributed by atoms with Gasteiger partial charge in [-0.25, -0.2) is 4.79 Å². The monoisotopic (exact) mass is 534 g/mol. The lowest BCUT2D eigenvalue weighted by Gasteiger charge is -2.64. The topological polar surface area (TPSA) is 115 Å². The number of rotatable bonds is 4. The number of fused-ring (bicyclic) bond motifs is 5. The molecular weight excluding hydrogens is 488 g/mol. The van der Waals surface area contributed by atoms with Crippen LogP contribution in [-0.2, 0) is 23.7 Å². The van der Waals surface area contributed by atoms with Crippen molar-refractivity contribution in [3.63, 3.8) is 0 Å². The minimum Gasteiger partial charge on any atom is -0.458 e. The maximum Gasteiger partial charge on any atom is 0.331 e. The average Bonchev–Trinajstić information content (AvgIpc) is 3.43. The summed E-state index contributed by atoms with van der Waals surface area (Å²) >= 11 is 0. The van der Waals surface area contributed by atoms with Gasteiger partial charge in [0, 0.05) is 18.6 Å². The van der Waals surface area contributed by atoms with E-state index in [1.54, 1.807) is 13.0 Å². The molecular formula is C30H46O8. The number of aliphatic hydroxyl groups excluding tert-OH is 2. The molecule has 0 spiro atoms. The first-order valence-electron chi connectivity index (χ1n) is 14.8. The van der Waals surface area contributed by atoms with Crippen molar-refractivity contribution in [3.8, 4) is 0 Å². The van der Waals surface area contributed by atoms with E-state index >= 15 is 0 Å². The van der Waals surface area contributed by atoms with Crippen LogP contribution < -0.4 is 0 Å². The molecule has 6 aliphatic rings. The van der Waals surface area contributed by atoms with Crippen LogP contribution in [-0.4, -0.2) is 77.4 Å². The summed E-state index contributed by atoms with van der Waals surface area (Å²) in [7, 11) is 1.49. The van der Waals surface area contributed by atoms with Gasteiger partial charge in [-0.15, -0.1) is 0 Å². The second kappa shape index (κ2) is 9.52. The lowest BCUT2D eigenvalue weighted by atomic mass is 9.43. The van der Waals surface area contributed by atoms with Crippen molar-refractivity contribution in [3.05, 3.63) is 11.6 Å². The zero-order chi connectivity index (χ0) is 27.0. The summed E-state index contributed by atoms with van der Waals surface area (Å²) in [6, 6.07) is 0. The molecule has 38 heavy (non-hydrogen) atoms. The smallest absolute Gasteiger partial charge is 0.331 e. The van der Waals surface area contributed by atoms with Crippen LogP contribution in [0.1, 0.15) is 78.6 Å².